The van der Waals surface area contributed by atoms with Gasteiger partial charge < -0.3 is 0 Å². The summed E-state index contributed by atoms with van der Waals surface area (Å²) in [7, 11) is 0.346. The van der Waals surface area contributed by atoms with Crippen LogP contribution in [0.2, 0.25) is 11.6 Å². The first-order chi connectivity index (χ1) is 3.27. The minimum Gasteiger partial charge on any atom is -0.0657 e. The van der Waals surface area contributed by atoms with E-state index in [0.717, 1.165) is 5.54 Å². The van der Waals surface area contributed by atoms with Gasteiger partial charge in [0.1, 0.15) is 0 Å². The van der Waals surface area contributed by atoms with Crippen molar-refractivity contribution in [3.05, 3.63) is 0 Å². The molecule has 0 amide bonds. The Morgan fingerprint density at radius 3 is 2.14 bits per heavy atom. The minimum atomic E-state index is 0.346. The van der Waals surface area contributed by atoms with Gasteiger partial charge in [0.15, 0.2) is 0 Å². The second kappa shape index (κ2) is 4.38. The number of rotatable bonds is 3. The zero-order valence-electron chi connectivity index (χ0n) is 5.70. The highest BCUT2D eigenvalue weighted by Gasteiger charge is 1.90. The van der Waals surface area contributed by atoms with Crippen molar-refractivity contribution in [1.29, 1.82) is 0 Å². The van der Waals surface area contributed by atoms with Crippen LogP contribution in [0.5, 0.6) is 0 Å². The molecule has 1 heteroatoms. The molecule has 0 unspecified atom stereocenters. The summed E-state index contributed by atoms with van der Waals surface area (Å²) < 4.78 is 0. The van der Waals surface area contributed by atoms with E-state index < -0.39 is 0 Å². The highest BCUT2D eigenvalue weighted by molar-refractivity contribution is 6.37. The molecule has 0 N–H and O–H groups in total. The van der Waals surface area contributed by atoms with Crippen LogP contribution < -0.4 is 0 Å². The Bertz CT molecular complexity index is 33.2. The monoisotopic (exact) mass is 116 g/mol. The average molecular weight is 116 g/mol. The number of hydrogen-bond acceptors (Lipinski definition) is 0. The van der Waals surface area contributed by atoms with Crippen LogP contribution in [0.3, 0.4) is 0 Å². The third-order valence-electron chi connectivity index (χ3n) is 1.14. The zero-order valence-corrected chi connectivity index (χ0v) is 7.11. The first-order valence-corrected chi connectivity index (χ1v) is 5.09. The summed E-state index contributed by atoms with van der Waals surface area (Å²) in [5.41, 5.74) is 1.04. The van der Waals surface area contributed by atoms with E-state index in [2.05, 4.69) is 20.8 Å². The van der Waals surface area contributed by atoms with E-state index in [9.17, 15) is 0 Å². The van der Waals surface area contributed by atoms with Gasteiger partial charge >= 0.3 is 0 Å². The molecule has 0 aliphatic rings. The Morgan fingerprint density at radius 1 is 1.43 bits per heavy atom. The minimum absolute atomic E-state index is 0.346. The third-order valence-corrected chi connectivity index (χ3v) is 3.41. The lowest BCUT2D eigenvalue weighted by Gasteiger charge is -1.97. The highest BCUT2D eigenvalue weighted by atomic mass is 28.2. The van der Waals surface area contributed by atoms with Crippen LogP contribution in [0.15, 0.2) is 0 Å². The fourth-order valence-electron chi connectivity index (χ4n) is 0.612. The molecule has 0 saturated carbocycles. The molecule has 0 nitrogen and oxygen atoms in total. The molecular formula is C6H16Si. The summed E-state index contributed by atoms with van der Waals surface area (Å²) in [4.78, 5) is 0. The Labute approximate surface area is 49.1 Å². The molecule has 0 aromatic carbocycles. The molecule has 0 rings (SSSR count). The molecule has 0 fully saturated rings. The molecule has 0 aliphatic carbocycles. The van der Waals surface area contributed by atoms with E-state index in [0.29, 0.717) is 9.52 Å². The van der Waals surface area contributed by atoms with Crippen molar-refractivity contribution >= 4 is 9.52 Å². The standard InChI is InChI=1S/C6H16Si/c1-4-5-7-6(2)3/h6H,4-5,7H2,1-3H3. The molecule has 0 aliphatic heterocycles. The van der Waals surface area contributed by atoms with Crippen LogP contribution in [0.4, 0.5) is 0 Å². The van der Waals surface area contributed by atoms with E-state index in [1.165, 1.54) is 12.5 Å². The summed E-state index contributed by atoms with van der Waals surface area (Å²) >= 11 is 0. The van der Waals surface area contributed by atoms with Gasteiger partial charge in [-0.1, -0.05) is 38.8 Å². The first-order valence-electron chi connectivity index (χ1n) is 3.27. The van der Waals surface area contributed by atoms with Crippen LogP contribution in [0.1, 0.15) is 27.2 Å². The van der Waals surface area contributed by atoms with Crippen LogP contribution >= 0.6 is 0 Å². The molecule has 7 heavy (non-hydrogen) atoms. The Morgan fingerprint density at radius 2 is 2.00 bits per heavy atom. The maximum Gasteiger partial charge on any atom is 0.0224 e. The first kappa shape index (κ1) is 7.22. The summed E-state index contributed by atoms with van der Waals surface area (Å²) in [5, 5.41) is 0. The Hall–Kier alpha value is 0.217. The topological polar surface area (TPSA) is 0 Å². The second-order valence-electron chi connectivity index (χ2n) is 2.54. The van der Waals surface area contributed by atoms with Crippen molar-refractivity contribution in [1.82, 2.24) is 0 Å². The van der Waals surface area contributed by atoms with Crippen LogP contribution in [-0.4, -0.2) is 9.52 Å². The van der Waals surface area contributed by atoms with Gasteiger partial charge in [-0.15, -0.1) is 0 Å². The summed E-state index contributed by atoms with van der Waals surface area (Å²) in [5.74, 6) is 0. The van der Waals surface area contributed by atoms with E-state index in [1.54, 1.807) is 0 Å². The summed E-state index contributed by atoms with van der Waals surface area (Å²) in [6.07, 6.45) is 1.41. The fraction of sp³-hybridized carbons (Fsp3) is 1.00. The van der Waals surface area contributed by atoms with Gasteiger partial charge in [0, 0.05) is 9.52 Å². The lowest BCUT2D eigenvalue weighted by atomic mass is 10.6. The predicted octanol–water partition coefficient (Wildman–Crippen LogP) is 1.81. The smallest absolute Gasteiger partial charge is 0.0224 e. The lowest BCUT2D eigenvalue weighted by molar-refractivity contribution is 1.00. The van der Waals surface area contributed by atoms with E-state index in [4.69, 9.17) is 0 Å². The normalized spacial score (nSPS) is 12.0. The number of hydrogen-bond donors (Lipinski definition) is 0. The van der Waals surface area contributed by atoms with Crippen LogP contribution in [0.25, 0.3) is 0 Å². The van der Waals surface area contributed by atoms with Crippen molar-refractivity contribution in [3.63, 3.8) is 0 Å². The predicted molar refractivity (Wildman–Crippen MR) is 38.7 cm³/mol. The molecule has 44 valence electrons. The molecule has 0 aromatic rings. The molecule has 0 atom stereocenters. The van der Waals surface area contributed by atoms with Crippen molar-refractivity contribution in [2.24, 2.45) is 0 Å². The van der Waals surface area contributed by atoms with Gasteiger partial charge in [0.25, 0.3) is 0 Å². The Balaban J connectivity index is 2.68. The van der Waals surface area contributed by atoms with Crippen molar-refractivity contribution in [2.45, 2.75) is 38.8 Å². The quantitative estimate of drug-likeness (QED) is 0.493. The highest BCUT2D eigenvalue weighted by Crippen LogP contribution is 2.00. The van der Waals surface area contributed by atoms with E-state index in [-0.39, 0.29) is 0 Å². The molecule has 0 aromatic heterocycles. The van der Waals surface area contributed by atoms with Gasteiger partial charge in [0.05, 0.1) is 0 Å². The maximum absolute atomic E-state index is 2.34. The largest absolute Gasteiger partial charge is 0.0657 e. The Kier molecular flexibility index (Phi) is 4.51. The summed E-state index contributed by atoms with van der Waals surface area (Å²) in [6.45, 7) is 6.94. The maximum atomic E-state index is 2.34. The van der Waals surface area contributed by atoms with Crippen LogP contribution in [0, 0.1) is 0 Å². The van der Waals surface area contributed by atoms with Crippen molar-refractivity contribution < 1.29 is 0 Å². The SMILES string of the molecule is CCC[SiH2]C(C)C. The second-order valence-corrected chi connectivity index (χ2v) is 5.45. The molecular weight excluding hydrogens is 100 g/mol. The fourth-order valence-corrected chi connectivity index (χ4v) is 1.84. The van der Waals surface area contributed by atoms with E-state index in [1.807, 2.05) is 0 Å². The van der Waals surface area contributed by atoms with Gasteiger partial charge in [-0.3, -0.25) is 0 Å². The van der Waals surface area contributed by atoms with Crippen molar-refractivity contribution in [3.8, 4) is 0 Å². The van der Waals surface area contributed by atoms with Gasteiger partial charge in [0.2, 0.25) is 0 Å². The molecule has 0 heterocycles. The van der Waals surface area contributed by atoms with E-state index >= 15 is 0 Å². The molecule has 0 saturated heterocycles. The molecule has 0 bridgehead atoms. The van der Waals surface area contributed by atoms with Gasteiger partial charge in [-0.25, -0.2) is 0 Å². The molecule has 0 radical (unpaired) electrons. The van der Waals surface area contributed by atoms with Gasteiger partial charge in [-0.05, 0) is 0 Å². The average Bonchev–Trinajstić information content (AvgIpc) is 1.61. The van der Waals surface area contributed by atoms with Crippen molar-refractivity contribution in [2.75, 3.05) is 0 Å². The lowest BCUT2D eigenvalue weighted by Crippen LogP contribution is -1.91. The zero-order chi connectivity index (χ0) is 5.70. The van der Waals surface area contributed by atoms with Gasteiger partial charge in [-0.2, -0.15) is 0 Å². The van der Waals surface area contributed by atoms with Crippen LogP contribution in [-0.2, 0) is 0 Å². The third kappa shape index (κ3) is 6.22. The molecule has 0 spiro atoms. The summed E-state index contributed by atoms with van der Waals surface area (Å²) in [6, 6.07) is 1.54.